The van der Waals surface area contributed by atoms with Gasteiger partial charge in [-0.15, -0.1) is 0 Å². The normalized spacial score (nSPS) is 29.4. The van der Waals surface area contributed by atoms with Gasteiger partial charge in [0.25, 0.3) is 17.7 Å². The maximum absolute atomic E-state index is 14.4. The molecule has 0 spiro atoms. The third-order valence-electron chi connectivity index (χ3n) is 10.3. The van der Waals surface area contributed by atoms with Crippen LogP contribution in [-0.2, 0) is 16.0 Å². The number of likely N-dealkylation sites (N-methyl/N-ethyl adjacent to an activating group) is 1. The summed E-state index contributed by atoms with van der Waals surface area (Å²) in [6.07, 6.45) is 5.64. The Hall–Kier alpha value is -3.91. The maximum Gasteiger partial charge on any atom is 0.276 e. The first kappa shape index (κ1) is 26.7. The molecule has 2 aliphatic carbocycles. The van der Waals surface area contributed by atoms with Crippen molar-refractivity contribution in [2.75, 3.05) is 31.3 Å². The zero-order valence-corrected chi connectivity index (χ0v) is 24.3. The number of ether oxygens (including phenoxy) is 2. The van der Waals surface area contributed by atoms with Crippen LogP contribution in [0.2, 0.25) is 0 Å². The van der Waals surface area contributed by atoms with Crippen molar-refractivity contribution in [2.45, 2.75) is 82.0 Å². The second-order valence-corrected chi connectivity index (χ2v) is 12.8. The molecule has 2 saturated heterocycles. The molecule has 2 saturated carbocycles. The van der Waals surface area contributed by atoms with Crippen LogP contribution in [0.5, 0.6) is 5.75 Å². The number of nitrogens with one attached hydrogen (secondary N) is 1. The lowest BCUT2D eigenvalue weighted by Crippen LogP contribution is -2.56. The summed E-state index contributed by atoms with van der Waals surface area (Å²) >= 11 is 0. The third kappa shape index (κ3) is 4.17. The van der Waals surface area contributed by atoms with Gasteiger partial charge in [-0.2, -0.15) is 10.4 Å². The van der Waals surface area contributed by atoms with Crippen LogP contribution in [0.1, 0.15) is 89.4 Å². The number of hydrogen-bond donors (Lipinski definition) is 1. The topological polar surface area (TPSA) is 130 Å². The number of piperidine rings is 1. The van der Waals surface area contributed by atoms with Crippen LogP contribution in [0.25, 0.3) is 0 Å². The quantitative estimate of drug-likeness (QED) is 0.553. The number of para-hydroxylation sites is 1. The summed E-state index contributed by atoms with van der Waals surface area (Å²) in [4.78, 5) is 46.1. The van der Waals surface area contributed by atoms with Crippen LogP contribution in [0, 0.1) is 23.2 Å². The van der Waals surface area contributed by atoms with Crippen molar-refractivity contribution in [2.24, 2.45) is 11.8 Å². The monoisotopic (exact) mass is 584 g/mol. The molecule has 8 rings (SSSR count). The van der Waals surface area contributed by atoms with Gasteiger partial charge in [-0.3, -0.25) is 19.3 Å². The molecule has 11 heteroatoms. The number of nitriles is 1. The van der Waals surface area contributed by atoms with E-state index in [1.165, 1.54) is 0 Å². The lowest BCUT2D eigenvalue weighted by Gasteiger charge is -2.39. The molecule has 43 heavy (non-hydrogen) atoms. The lowest BCUT2D eigenvalue weighted by molar-refractivity contribution is -0.121. The van der Waals surface area contributed by atoms with E-state index in [1.54, 1.807) is 15.9 Å². The number of amides is 3. The smallest absolute Gasteiger partial charge is 0.276 e. The average molecular weight is 585 g/mol. The summed E-state index contributed by atoms with van der Waals surface area (Å²) in [5, 5.41) is 18.0. The SMILES string of the molecule is CCN1C(=O)[C@@H](NC(=O)c2cccc3c2OCC3)[C@@H](C2CC2)c2c(C(=O)N3[C@H](C#N)C[C@H]4C[C@H]43)nn(C3CCOCC3)c21. The van der Waals surface area contributed by atoms with Crippen LogP contribution < -0.4 is 15.0 Å². The molecule has 5 atom stereocenters. The molecule has 2 aromatic rings. The fraction of sp³-hybridized carbons (Fsp3) is 0.594. The summed E-state index contributed by atoms with van der Waals surface area (Å²) in [7, 11) is 0. The number of nitrogens with zero attached hydrogens (tertiary/aromatic N) is 5. The number of benzene rings is 1. The summed E-state index contributed by atoms with van der Waals surface area (Å²) in [6.45, 7) is 3.99. The number of rotatable bonds is 6. The Balaban J connectivity index is 1.24. The van der Waals surface area contributed by atoms with Crippen LogP contribution in [-0.4, -0.2) is 76.9 Å². The predicted octanol–water partition coefficient (Wildman–Crippen LogP) is 2.95. The first-order valence-electron chi connectivity index (χ1n) is 15.8. The number of carbonyl (C=O) groups is 3. The van der Waals surface area contributed by atoms with Gasteiger partial charge in [-0.05, 0) is 68.9 Å². The van der Waals surface area contributed by atoms with E-state index in [0.717, 1.165) is 49.7 Å². The molecule has 3 amide bonds. The molecule has 4 fully saturated rings. The van der Waals surface area contributed by atoms with Gasteiger partial charge in [0.15, 0.2) is 5.69 Å². The highest BCUT2D eigenvalue weighted by Gasteiger charge is 2.57. The van der Waals surface area contributed by atoms with Crippen molar-refractivity contribution in [1.82, 2.24) is 20.0 Å². The van der Waals surface area contributed by atoms with E-state index in [9.17, 15) is 19.6 Å². The van der Waals surface area contributed by atoms with Crippen molar-refractivity contribution in [3.63, 3.8) is 0 Å². The van der Waals surface area contributed by atoms with Gasteiger partial charge in [0, 0.05) is 43.7 Å². The summed E-state index contributed by atoms with van der Waals surface area (Å²) < 4.78 is 13.3. The standard InChI is InChI=1S/C32H36N6O5/c1-2-36-30-25(24(17-6-7-17)26(31(36)40)34-29(39)22-5-3-4-18-8-13-43-28(18)22)27(35-38(30)20-9-11-42-12-10-20)32(41)37-21(16-33)14-19-15-23(19)37/h3-5,17,19-21,23-24,26H,2,6-15H2,1H3,(H,34,39)/t19-,21-,23+,24-,26-/m0/s1. The molecule has 0 bridgehead atoms. The van der Waals surface area contributed by atoms with E-state index in [4.69, 9.17) is 14.6 Å². The maximum atomic E-state index is 14.4. The lowest BCUT2D eigenvalue weighted by atomic mass is 9.82. The molecule has 4 aliphatic heterocycles. The summed E-state index contributed by atoms with van der Waals surface area (Å²) in [5.41, 5.74) is 2.50. The third-order valence-corrected chi connectivity index (χ3v) is 10.3. The molecule has 1 aromatic carbocycles. The fourth-order valence-corrected chi connectivity index (χ4v) is 7.97. The van der Waals surface area contributed by atoms with Crippen LogP contribution in [0.4, 0.5) is 5.82 Å². The molecular formula is C32H36N6O5. The highest BCUT2D eigenvalue weighted by Crippen LogP contribution is 2.53. The zero-order valence-electron chi connectivity index (χ0n) is 24.3. The van der Waals surface area contributed by atoms with Crippen molar-refractivity contribution < 1.29 is 23.9 Å². The van der Waals surface area contributed by atoms with E-state index in [1.807, 2.05) is 23.7 Å². The molecule has 1 aromatic heterocycles. The Morgan fingerprint density at radius 2 is 1.93 bits per heavy atom. The van der Waals surface area contributed by atoms with Crippen LogP contribution in [0.3, 0.4) is 0 Å². The Labute approximate surface area is 250 Å². The number of hydrogen-bond acceptors (Lipinski definition) is 7. The minimum absolute atomic E-state index is 0.0139. The molecule has 0 radical (unpaired) electrons. The van der Waals surface area contributed by atoms with Crippen LogP contribution >= 0.6 is 0 Å². The Kier molecular flexibility index (Phi) is 6.26. The van der Waals surface area contributed by atoms with E-state index < -0.39 is 18.0 Å². The molecular weight excluding hydrogens is 548 g/mol. The second-order valence-electron chi connectivity index (χ2n) is 12.8. The molecule has 1 N–H and O–H groups in total. The molecule has 11 nitrogen and oxygen atoms in total. The first-order chi connectivity index (χ1) is 21.0. The average Bonchev–Trinajstić information content (AvgIpc) is 3.88. The first-order valence-corrected chi connectivity index (χ1v) is 15.8. The minimum Gasteiger partial charge on any atom is -0.492 e. The predicted molar refractivity (Wildman–Crippen MR) is 154 cm³/mol. The Morgan fingerprint density at radius 3 is 2.67 bits per heavy atom. The van der Waals surface area contributed by atoms with Crippen molar-refractivity contribution in [3.05, 3.63) is 40.6 Å². The Bertz CT molecular complexity index is 1550. The molecule has 224 valence electrons. The summed E-state index contributed by atoms with van der Waals surface area (Å²) in [5.74, 6) is 0.620. The van der Waals surface area contributed by atoms with Gasteiger partial charge < -0.3 is 19.7 Å². The highest BCUT2D eigenvalue weighted by molar-refractivity contribution is 6.07. The zero-order chi connectivity index (χ0) is 29.4. The van der Waals surface area contributed by atoms with Gasteiger partial charge in [0.2, 0.25) is 0 Å². The van der Waals surface area contributed by atoms with E-state index in [-0.39, 0.29) is 35.7 Å². The van der Waals surface area contributed by atoms with Gasteiger partial charge >= 0.3 is 0 Å². The Morgan fingerprint density at radius 1 is 1.12 bits per heavy atom. The number of carbonyl (C=O) groups excluding carboxylic acids is 3. The van der Waals surface area contributed by atoms with Gasteiger partial charge in [-0.1, -0.05) is 12.1 Å². The number of anilines is 1. The number of likely N-dealkylation sites (tertiary alicyclic amines) is 1. The fourth-order valence-electron chi connectivity index (χ4n) is 7.97. The molecule has 0 unspecified atom stereocenters. The minimum atomic E-state index is -0.845. The van der Waals surface area contributed by atoms with E-state index in [0.29, 0.717) is 61.5 Å². The van der Waals surface area contributed by atoms with E-state index in [2.05, 4.69) is 11.4 Å². The summed E-state index contributed by atoms with van der Waals surface area (Å²) in [6, 6.07) is 6.63. The number of fused-ring (bicyclic) bond motifs is 3. The van der Waals surface area contributed by atoms with Gasteiger partial charge in [-0.25, -0.2) is 4.68 Å². The van der Waals surface area contributed by atoms with Crippen molar-refractivity contribution >= 4 is 23.5 Å². The number of aromatic nitrogens is 2. The van der Waals surface area contributed by atoms with Gasteiger partial charge in [0.05, 0.1) is 24.3 Å². The van der Waals surface area contributed by atoms with Crippen LogP contribution in [0.15, 0.2) is 18.2 Å². The highest BCUT2D eigenvalue weighted by atomic mass is 16.5. The largest absolute Gasteiger partial charge is 0.492 e. The van der Waals surface area contributed by atoms with Crippen molar-refractivity contribution in [3.8, 4) is 11.8 Å². The molecule has 5 heterocycles. The molecule has 6 aliphatic rings. The van der Waals surface area contributed by atoms with E-state index >= 15 is 0 Å². The van der Waals surface area contributed by atoms with Gasteiger partial charge in [0.1, 0.15) is 23.7 Å². The second kappa shape index (κ2) is 10.1. The van der Waals surface area contributed by atoms with Crippen molar-refractivity contribution in [1.29, 1.82) is 5.26 Å².